The fourth-order valence-electron chi connectivity index (χ4n) is 1.00. The standard InChI is InChI=1S/C10H19N3O2S/c1-10(2,3)12-4-7(14)5-15-9-8(11)6-16-13-9/h6-7,12,14H,4-5,11H2,1-3H3/t7-/m0/s1. The maximum Gasteiger partial charge on any atom is 0.249 e. The monoisotopic (exact) mass is 245 g/mol. The maximum absolute atomic E-state index is 9.65. The van der Waals surface area contributed by atoms with E-state index < -0.39 is 6.10 Å². The fraction of sp³-hybridized carbons (Fsp3) is 0.700. The SMILES string of the molecule is CC(C)(C)NC[C@H](O)COc1nscc1N. The van der Waals surface area contributed by atoms with Crippen molar-refractivity contribution in [1.29, 1.82) is 0 Å². The first kappa shape index (κ1) is 13.2. The molecular formula is C10H19N3O2S. The molecule has 1 aromatic rings. The van der Waals surface area contributed by atoms with Crippen molar-refractivity contribution in [3.8, 4) is 5.88 Å². The average Bonchev–Trinajstić information content (AvgIpc) is 2.57. The van der Waals surface area contributed by atoms with Crippen LogP contribution in [0.15, 0.2) is 5.38 Å². The maximum atomic E-state index is 9.65. The zero-order valence-electron chi connectivity index (χ0n) is 9.86. The number of aromatic nitrogens is 1. The van der Waals surface area contributed by atoms with Crippen LogP contribution in [0, 0.1) is 0 Å². The van der Waals surface area contributed by atoms with E-state index in [4.69, 9.17) is 10.5 Å². The van der Waals surface area contributed by atoms with Crippen LogP contribution in [0.4, 0.5) is 5.69 Å². The number of aliphatic hydroxyl groups excluding tert-OH is 1. The van der Waals surface area contributed by atoms with E-state index in [0.717, 1.165) is 0 Å². The van der Waals surface area contributed by atoms with Gasteiger partial charge in [-0.1, -0.05) is 0 Å². The molecule has 1 aromatic heterocycles. The Labute approximate surface area is 99.8 Å². The molecule has 0 saturated carbocycles. The first-order valence-corrected chi connectivity index (χ1v) is 5.98. The summed E-state index contributed by atoms with van der Waals surface area (Å²) in [5, 5.41) is 14.5. The van der Waals surface area contributed by atoms with Gasteiger partial charge >= 0.3 is 0 Å². The Morgan fingerprint density at radius 3 is 2.81 bits per heavy atom. The van der Waals surface area contributed by atoms with Crippen molar-refractivity contribution in [3.05, 3.63) is 5.38 Å². The molecule has 16 heavy (non-hydrogen) atoms. The number of nitrogens with zero attached hydrogens (tertiary/aromatic N) is 1. The number of nitrogens with two attached hydrogens (primary N) is 1. The minimum absolute atomic E-state index is 0.0133. The lowest BCUT2D eigenvalue weighted by molar-refractivity contribution is 0.0987. The molecule has 0 radical (unpaired) electrons. The van der Waals surface area contributed by atoms with Gasteiger partial charge in [0.1, 0.15) is 18.4 Å². The van der Waals surface area contributed by atoms with Crippen LogP contribution in [0.2, 0.25) is 0 Å². The number of ether oxygens (including phenoxy) is 1. The molecular weight excluding hydrogens is 226 g/mol. The third-order valence-electron chi connectivity index (χ3n) is 1.84. The van der Waals surface area contributed by atoms with Gasteiger partial charge in [0.05, 0.1) is 0 Å². The van der Waals surface area contributed by atoms with Gasteiger partial charge in [-0.05, 0) is 32.3 Å². The van der Waals surface area contributed by atoms with Crippen molar-refractivity contribution in [1.82, 2.24) is 9.69 Å². The molecule has 0 unspecified atom stereocenters. The van der Waals surface area contributed by atoms with Gasteiger partial charge < -0.3 is 20.9 Å². The molecule has 4 N–H and O–H groups in total. The average molecular weight is 245 g/mol. The van der Waals surface area contributed by atoms with Crippen LogP contribution in [0.5, 0.6) is 5.88 Å². The smallest absolute Gasteiger partial charge is 0.249 e. The number of β-amino-alcohol motifs (C(OH)–C–C–N with tert-alkyl or cyclic N) is 1. The lowest BCUT2D eigenvalue weighted by atomic mass is 10.1. The summed E-state index contributed by atoms with van der Waals surface area (Å²) in [5.74, 6) is 0.403. The van der Waals surface area contributed by atoms with E-state index in [1.54, 1.807) is 5.38 Å². The van der Waals surface area contributed by atoms with E-state index in [9.17, 15) is 5.11 Å². The fourth-order valence-corrected chi connectivity index (χ4v) is 1.52. The predicted molar refractivity (Wildman–Crippen MR) is 65.8 cm³/mol. The quantitative estimate of drug-likeness (QED) is 0.716. The van der Waals surface area contributed by atoms with Gasteiger partial charge in [-0.25, -0.2) is 0 Å². The number of anilines is 1. The molecule has 92 valence electrons. The summed E-state index contributed by atoms with van der Waals surface area (Å²) in [6.07, 6.45) is -0.569. The predicted octanol–water partition coefficient (Wildman–Crippen LogP) is 0.853. The Kier molecular flexibility index (Phi) is 4.52. The first-order chi connectivity index (χ1) is 7.38. The van der Waals surface area contributed by atoms with E-state index in [-0.39, 0.29) is 12.1 Å². The summed E-state index contributed by atoms with van der Waals surface area (Å²) in [5.41, 5.74) is 6.10. The molecule has 0 saturated heterocycles. The summed E-state index contributed by atoms with van der Waals surface area (Å²) < 4.78 is 9.25. The van der Waals surface area contributed by atoms with Gasteiger partial charge in [0.15, 0.2) is 0 Å². The zero-order chi connectivity index (χ0) is 12.2. The van der Waals surface area contributed by atoms with Gasteiger partial charge in [0.2, 0.25) is 5.88 Å². The Morgan fingerprint density at radius 1 is 1.62 bits per heavy atom. The molecule has 1 heterocycles. The van der Waals surface area contributed by atoms with Crippen LogP contribution in [0.3, 0.4) is 0 Å². The topological polar surface area (TPSA) is 80.4 Å². The van der Waals surface area contributed by atoms with Crippen LogP contribution in [-0.4, -0.2) is 34.3 Å². The second kappa shape index (κ2) is 5.47. The normalized spacial score (nSPS) is 13.8. The highest BCUT2D eigenvalue weighted by Gasteiger charge is 2.13. The Morgan fingerprint density at radius 2 is 2.31 bits per heavy atom. The van der Waals surface area contributed by atoms with Crippen molar-refractivity contribution in [2.75, 3.05) is 18.9 Å². The number of rotatable bonds is 5. The Bertz CT molecular complexity index is 322. The van der Waals surface area contributed by atoms with E-state index in [1.807, 2.05) is 20.8 Å². The van der Waals surface area contributed by atoms with E-state index in [2.05, 4.69) is 9.69 Å². The third-order valence-corrected chi connectivity index (χ3v) is 2.47. The summed E-state index contributed by atoms with van der Waals surface area (Å²) in [7, 11) is 0. The van der Waals surface area contributed by atoms with Crippen molar-refractivity contribution in [2.45, 2.75) is 32.4 Å². The molecule has 0 bridgehead atoms. The lowest BCUT2D eigenvalue weighted by Crippen LogP contribution is -2.42. The highest BCUT2D eigenvalue weighted by Crippen LogP contribution is 2.20. The second-order valence-corrected chi connectivity index (χ2v) is 5.30. The molecule has 0 aliphatic rings. The van der Waals surface area contributed by atoms with Crippen LogP contribution >= 0.6 is 11.5 Å². The van der Waals surface area contributed by atoms with Crippen LogP contribution in [0.25, 0.3) is 0 Å². The molecule has 0 aromatic carbocycles. The highest BCUT2D eigenvalue weighted by atomic mass is 32.1. The number of hydrogen-bond donors (Lipinski definition) is 3. The number of nitrogen functional groups attached to an aromatic ring is 1. The number of hydrogen-bond acceptors (Lipinski definition) is 6. The molecule has 0 aliphatic carbocycles. The number of nitrogens with one attached hydrogen (secondary N) is 1. The molecule has 0 aliphatic heterocycles. The van der Waals surface area contributed by atoms with Gasteiger partial charge in [-0.3, -0.25) is 0 Å². The minimum Gasteiger partial charge on any atom is -0.473 e. The molecule has 6 heteroatoms. The molecule has 1 atom stereocenters. The largest absolute Gasteiger partial charge is 0.473 e. The van der Waals surface area contributed by atoms with E-state index in [0.29, 0.717) is 18.1 Å². The van der Waals surface area contributed by atoms with Crippen molar-refractivity contribution < 1.29 is 9.84 Å². The van der Waals surface area contributed by atoms with Crippen LogP contribution in [-0.2, 0) is 0 Å². The van der Waals surface area contributed by atoms with Crippen molar-refractivity contribution >= 4 is 17.2 Å². The molecule has 0 fully saturated rings. The van der Waals surface area contributed by atoms with Crippen LogP contribution in [0.1, 0.15) is 20.8 Å². The van der Waals surface area contributed by atoms with Crippen molar-refractivity contribution in [2.24, 2.45) is 0 Å². The van der Waals surface area contributed by atoms with Gasteiger partial charge in [-0.2, -0.15) is 4.37 Å². The third kappa shape index (κ3) is 4.78. The highest BCUT2D eigenvalue weighted by molar-refractivity contribution is 7.04. The zero-order valence-corrected chi connectivity index (χ0v) is 10.7. The van der Waals surface area contributed by atoms with Gasteiger partial charge in [0.25, 0.3) is 0 Å². The summed E-state index contributed by atoms with van der Waals surface area (Å²) in [6, 6.07) is 0. The lowest BCUT2D eigenvalue weighted by Gasteiger charge is -2.22. The number of aliphatic hydroxyl groups is 1. The summed E-state index contributed by atoms with van der Waals surface area (Å²) in [4.78, 5) is 0. The minimum atomic E-state index is -0.569. The van der Waals surface area contributed by atoms with Crippen LogP contribution < -0.4 is 15.8 Å². The van der Waals surface area contributed by atoms with E-state index in [1.165, 1.54) is 11.5 Å². The molecule has 0 spiro atoms. The molecule has 0 amide bonds. The summed E-state index contributed by atoms with van der Waals surface area (Å²) >= 11 is 1.24. The first-order valence-electron chi connectivity index (χ1n) is 5.14. The summed E-state index contributed by atoms with van der Waals surface area (Å²) in [6.45, 7) is 6.79. The molecule has 5 nitrogen and oxygen atoms in total. The van der Waals surface area contributed by atoms with E-state index >= 15 is 0 Å². The van der Waals surface area contributed by atoms with Gasteiger partial charge in [0, 0.05) is 17.5 Å². The second-order valence-electron chi connectivity index (χ2n) is 4.67. The Hall–Kier alpha value is -0.850. The molecule has 1 rings (SSSR count). The van der Waals surface area contributed by atoms with Crippen molar-refractivity contribution in [3.63, 3.8) is 0 Å². The van der Waals surface area contributed by atoms with Gasteiger partial charge in [-0.15, -0.1) is 0 Å². The Balaban J connectivity index is 2.25.